The van der Waals surface area contributed by atoms with Gasteiger partial charge in [-0.1, -0.05) is 20.8 Å². The third-order valence-electron chi connectivity index (χ3n) is 4.04. The molecule has 1 aliphatic heterocycles. The number of hydrogen-bond acceptors (Lipinski definition) is 5. The monoisotopic (exact) mass is 324 g/mol. The number of ether oxygens (including phenoxy) is 1. The molecule has 0 unspecified atom stereocenters. The molecule has 1 aliphatic rings. The normalized spacial score (nSPS) is 17.7. The standard InChI is InChI=1S/C16H25FN4O2/c1-15(2,3)13(22)20-11-16(17)5-7-21(8-6-16)14-18-9-12(23-4)10-19-14/h9-10H,5-8,11H2,1-4H3,(H,20,22). The molecular formula is C16H25FN4O2. The Balaban J connectivity index is 1.88. The molecule has 0 aromatic carbocycles. The Morgan fingerprint density at radius 2 is 1.91 bits per heavy atom. The van der Waals surface area contributed by atoms with Gasteiger partial charge in [0.05, 0.1) is 26.0 Å². The molecule has 2 rings (SSSR count). The summed E-state index contributed by atoms with van der Waals surface area (Å²) in [7, 11) is 1.56. The van der Waals surface area contributed by atoms with Crippen molar-refractivity contribution in [1.82, 2.24) is 15.3 Å². The van der Waals surface area contributed by atoms with Crippen LogP contribution in [0, 0.1) is 5.41 Å². The molecule has 1 aromatic heterocycles. The molecule has 1 N–H and O–H groups in total. The van der Waals surface area contributed by atoms with Crippen LogP contribution in [0.25, 0.3) is 0 Å². The first-order valence-corrected chi connectivity index (χ1v) is 7.82. The van der Waals surface area contributed by atoms with E-state index in [1.165, 1.54) is 0 Å². The molecule has 7 heteroatoms. The number of piperidine rings is 1. The van der Waals surface area contributed by atoms with Gasteiger partial charge < -0.3 is 15.0 Å². The lowest BCUT2D eigenvalue weighted by Crippen LogP contribution is -2.50. The fourth-order valence-electron chi connectivity index (χ4n) is 2.37. The smallest absolute Gasteiger partial charge is 0.225 e. The van der Waals surface area contributed by atoms with Crippen LogP contribution >= 0.6 is 0 Å². The summed E-state index contributed by atoms with van der Waals surface area (Å²) in [4.78, 5) is 22.3. The van der Waals surface area contributed by atoms with Crippen LogP contribution in [0.15, 0.2) is 12.4 Å². The van der Waals surface area contributed by atoms with Crippen LogP contribution in [0.4, 0.5) is 10.3 Å². The van der Waals surface area contributed by atoms with Gasteiger partial charge in [-0.3, -0.25) is 4.79 Å². The summed E-state index contributed by atoms with van der Waals surface area (Å²) in [5, 5.41) is 2.72. The number of alkyl halides is 1. The second kappa shape index (κ2) is 6.68. The van der Waals surface area contributed by atoms with Gasteiger partial charge in [0.1, 0.15) is 5.67 Å². The van der Waals surface area contributed by atoms with Crippen molar-refractivity contribution in [2.75, 3.05) is 31.6 Å². The Kier molecular flexibility index (Phi) is 5.06. The van der Waals surface area contributed by atoms with Gasteiger partial charge >= 0.3 is 0 Å². The topological polar surface area (TPSA) is 67.3 Å². The van der Waals surface area contributed by atoms with E-state index in [2.05, 4.69) is 15.3 Å². The molecule has 1 aromatic rings. The number of aromatic nitrogens is 2. The average Bonchev–Trinajstić information content (AvgIpc) is 2.53. The highest BCUT2D eigenvalue weighted by Crippen LogP contribution is 2.28. The molecule has 128 valence electrons. The van der Waals surface area contributed by atoms with Crippen LogP contribution in [0.2, 0.25) is 0 Å². The Hall–Kier alpha value is -1.92. The van der Waals surface area contributed by atoms with Crippen molar-refractivity contribution in [3.05, 3.63) is 12.4 Å². The summed E-state index contributed by atoms with van der Waals surface area (Å²) in [5.74, 6) is 1.04. The lowest BCUT2D eigenvalue weighted by atomic mass is 9.91. The van der Waals surface area contributed by atoms with Crippen molar-refractivity contribution in [2.45, 2.75) is 39.3 Å². The molecule has 2 heterocycles. The van der Waals surface area contributed by atoms with Crippen molar-refractivity contribution < 1.29 is 13.9 Å². The third kappa shape index (κ3) is 4.53. The summed E-state index contributed by atoms with van der Waals surface area (Å²) in [6, 6.07) is 0. The van der Waals surface area contributed by atoms with Gasteiger partial charge in [0.25, 0.3) is 0 Å². The number of carbonyl (C=O) groups excluding carboxylic acids is 1. The van der Waals surface area contributed by atoms with E-state index in [0.29, 0.717) is 37.6 Å². The third-order valence-corrected chi connectivity index (χ3v) is 4.04. The number of nitrogens with one attached hydrogen (secondary N) is 1. The van der Waals surface area contributed by atoms with E-state index in [1.807, 2.05) is 25.7 Å². The molecule has 1 fully saturated rings. The first-order chi connectivity index (χ1) is 10.7. The molecule has 0 radical (unpaired) electrons. The fourth-order valence-corrected chi connectivity index (χ4v) is 2.37. The maximum atomic E-state index is 14.8. The average molecular weight is 324 g/mol. The van der Waals surface area contributed by atoms with E-state index >= 15 is 0 Å². The number of amides is 1. The quantitative estimate of drug-likeness (QED) is 0.917. The molecule has 0 spiro atoms. The van der Waals surface area contributed by atoms with E-state index in [4.69, 9.17) is 4.74 Å². The van der Waals surface area contributed by atoms with E-state index < -0.39 is 11.1 Å². The maximum absolute atomic E-state index is 14.8. The summed E-state index contributed by atoms with van der Waals surface area (Å²) in [6.07, 6.45) is 3.88. The molecule has 0 atom stereocenters. The van der Waals surface area contributed by atoms with Gasteiger partial charge in [-0.25, -0.2) is 14.4 Å². The minimum Gasteiger partial charge on any atom is -0.494 e. The van der Waals surface area contributed by atoms with Crippen molar-refractivity contribution in [1.29, 1.82) is 0 Å². The maximum Gasteiger partial charge on any atom is 0.225 e. The molecular weight excluding hydrogens is 299 g/mol. The molecule has 1 amide bonds. The van der Waals surface area contributed by atoms with Gasteiger partial charge in [0.15, 0.2) is 5.75 Å². The van der Waals surface area contributed by atoms with Crippen LogP contribution in [0.3, 0.4) is 0 Å². The molecule has 6 nitrogen and oxygen atoms in total. The summed E-state index contributed by atoms with van der Waals surface area (Å²) >= 11 is 0. The molecule has 0 saturated carbocycles. The predicted molar refractivity (Wildman–Crippen MR) is 86.3 cm³/mol. The number of hydrogen-bond donors (Lipinski definition) is 1. The zero-order valence-electron chi connectivity index (χ0n) is 14.2. The highest BCUT2D eigenvalue weighted by molar-refractivity contribution is 5.81. The van der Waals surface area contributed by atoms with E-state index in [9.17, 15) is 9.18 Å². The van der Waals surface area contributed by atoms with Crippen LogP contribution < -0.4 is 15.0 Å². The summed E-state index contributed by atoms with van der Waals surface area (Å²) in [5.41, 5.74) is -1.88. The zero-order chi connectivity index (χ0) is 17.1. The molecule has 23 heavy (non-hydrogen) atoms. The number of nitrogens with zero attached hydrogens (tertiary/aromatic N) is 3. The molecule has 0 aliphatic carbocycles. The zero-order valence-corrected chi connectivity index (χ0v) is 14.2. The number of carbonyl (C=O) groups is 1. The number of methoxy groups -OCH3 is 1. The van der Waals surface area contributed by atoms with Crippen LogP contribution in [-0.4, -0.2) is 48.3 Å². The van der Waals surface area contributed by atoms with Gasteiger partial charge in [-0.2, -0.15) is 0 Å². The largest absolute Gasteiger partial charge is 0.494 e. The van der Waals surface area contributed by atoms with Crippen LogP contribution in [0.1, 0.15) is 33.6 Å². The summed E-state index contributed by atoms with van der Waals surface area (Å²) < 4.78 is 19.9. The van der Waals surface area contributed by atoms with Crippen LogP contribution in [-0.2, 0) is 4.79 Å². The Morgan fingerprint density at radius 3 is 2.39 bits per heavy atom. The Labute approximate surface area is 136 Å². The van der Waals surface area contributed by atoms with E-state index in [1.54, 1.807) is 19.5 Å². The number of anilines is 1. The van der Waals surface area contributed by atoms with Gasteiger partial charge in [-0.05, 0) is 0 Å². The van der Waals surface area contributed by atoms with Crippen molar-refractivity contribution in [3.8, 4) is 5.75 Å². The summed E-state index contributed by atoms with van der Waals surface area (Å²) in [6.45, 7) is 6.55. The lowest BCUT2D eigenvalue weighted by molar-refractivity contribution is -0.129. The minimum absolute atomic E-state index is 0.0560. The first kappa shape index (κ1) is 17.4. The molecule has 0 bridgehead atoms. The highest BCUT2D eigenvalue weighted by atomic mass is 19.1. The van der Waals surface area contributed by atoms with Crippen LogP contribution in [0.5, 0.6) is 5.75 Å². The number of halogens is 1. The first-order valence-electron chi connectivity index (χ1n) is 7.82. The van der Waals surface area contributed by atoms with Gasteiger partial charge in [-0.15, -0.1) is 0 Å². The van der Waals surface area contributed by atoms with Crippen molar-refractivity contribution >= 4 is 11.9 Å². The lowest BCUT2D eigenvalue weighted by Gasteiger charge is -2.36. The fraction of sp³-hybridized carbons (Fsp3) is 0.688. The molecule has 1 saturated heterocycles. The van der Waals surface area contributed by atoms with E-state index in [-0.39, 0.29) is 12.5 Å². The number of rotatable bonds is 4. The van der Waals surface area contributed by atoms with Gasteiger partial charge in [0, 0.05) is 31.3 Å². The second-order valence-electron chi connectivity index (χ2n) is 6.99. The van der Waals surface area contributed by atoms with Crippen molar-refractivity contribution in [2.24, 2.45) is 5.41 Å². The van der Waals surface area contributed by atoms with E-state index in [0.717, 1.165) is 0 Å². The Morgan fingerprint density at radius 1 is 1.35 bits per heavy atom. The minimum atomic E-state index is -1.37. The Bertz CT molecular complexity index is 534. The SMILES string of the molecule is COc1cnc(N2CCC(F)(CNC(=O)C(C)(C)C)CC2)nc1. The predicted octanol–water partition coefficient (Wildman–Crippen LogP) is 1.96. The van der Waals surface area contributed by atoms with Gasteiger partial charge in [0.2, 0.25) is 11.9 Å². The van der Waals surface area contributed by atoms with Crippen molar-refractivity contribution in [3.63, 3.8) is 0 Å². The second-order valence-corrected chi connectivity index (χ2v) is 6.99. The highest BCUT2D eigenvalue weighted by Gasteiger charge is 2.36.